The first-order chi connectivity index (χ1) is 8.43. The number of methoxy groups -OCH3 is 1. The van der Waals surface area contributed by atoms with Crippen molar-refractivity contribution in [2.24, 2.45) is 0 Å². The fourth-order valence-corrected chi connectivity index (χ4v) is 2.13. The summed E-state index contributed by atoms with van der Waals surface area (Å²) in [5.41, 5.74) is 0.583. The van der Waals surface area contributed by atoms with Crippen molar-refractivity contribution >= 4 is 21.8 Å². The molecular formula is C13H19BrN2O2. The Morgan fingerprint density at radius 1 is 1.50 bits per heavy atom. The van der Waals surface area contributed by atoms with Gasteiger partial charge in [0.15, 0.2) is 0 Å². The van der Waals surface area contributed by atoms with E-state index in [0.717, 1.165) is 11.0 Å². The predicted octanol–water partition coefficient (Wildman–Crippen LogP) is 2.14. The third-order valence-electron chi connectivity index (χ3n) is 2.43. The fourth-order valence-electron chi connectivity index (χ4n) is 1.70. The molecule has 0 saturated heterocycles. The van der Waals surface area contributed by atoms with Gasteiger partial charge in [-0.25, -0.2) is 0 Å². The summed E-state index contributed by atoms with van der Waals surface area (Å²) in [6.45, 7) is 2.78. The highest BCUT2D eigenvalue weighted by Gasteiger charge is 2.14. The molecule has 5 heteroatoms. The van der Waals surface area contributed by atoms with Gasteiger partial charge in [-0.3, -0.25) is 4.79 Å². The van der Waals surface area contributed by atoms with E-state index in [1.807, 2.05) is 38.1 Å². The van der Waals surface area contributed by atoms with Crippen LogP contribution in [0.5, 0.6) is 5.75 Å². The number of hydrogen-bond donors (Lipinski definition) is 1. The second-order valence-corrected chi connectivity index (χ2v) is 5.34. The summed E-state index contributed by atoms with van der Waals surface area (Å²) < 4.78 is 5.88. The molecule has 1 amide bonds. The highest BCUT2D eigenvalue weighted by molar-refractivity contribution is 9.10. The molecule has 0 aliphatic heterocycles. The molecule has 0 fully saturated rings. The van der Waals surface area contributed by atoms with Gasteiger partial charge >= 0.3 is 0 Å². The first-order valence-electron chi connectivity index (χ1n) is 5.73. The summed E-state index contributed by atoms with van der Waals surface area (Å²) in [5.74, 6) is 0.568. The van der Waals surface area contributed by atoms with Crippen molar-refractivity contribution in [3.8, 4) is 5.75 Å². The van der Waals surface area contributed by atoms with Crippen LogP contribution in [0, 0.1) is 0 Å². The molecule has 0 aliphatic carbocycles. The Morgan fingerprint density at radius 3 is 2.72 bits per heavy atom. The van der Waals surface area contributed by atoms with Crippen molar-refractivity contribution in [1.29, 1.82) is 0 Å². The molecular weight excluding hydrogens is 296 g/mol. The summed E-state index contributed by atoms with van der Waals surface area (Å²) in [5, 5.41) is 2.95. The Morgan fingerprint density at radius 2 is 2.17 bits per heavy atom. The maximum absolute atomic E-state index is 12.1. The van der Waals surface area contributed by atoms with Gasteiger partial charge in [-0.05, 0) is 55.1 Å². The molecule has 0 aromatic heterocycles. The van der Waals surface area contributed by atoms with E-state index in [0.29, 0.717) is 11.3 Å². The Labute approximate surface area is 116 Å². The summed E-state index contributed by atoms with van der Waals surface area (Å²) in [4.78, 5) is 14.1. The van der Waals surface area contributed by atoms with Gasteiger partial charge in [0.05, 0.1) is 12.7 Å². The van der Waals surface area contributed by atoms with E-state index in [4.69, 9.17) is 4.74 Å². The number of carbonyl (C=O) groups is 1. The van der Waals surface area contributed by atoms with Crippen molar-refractivity contribution in [3.05, 3.63) is 28.2 Å². The normalized spacial score (nSPS) is 12.3. The molecule has 1 aromatic rings. The minimum absolute atomic E-state index is 0.0885. The minimum atomic E-state index is -0.102. The Hall–Kier alpha value is -1.07. The zero-order valence-corrected chi connectivity index (χ0v) is 12.7. The molecule has 1 unspecified atom stereocenters. The summed E-state index contributed by atoms with van der Waals surface area (Å²) in [6.07, 6.45) is 0. The van der Waals surface area contributed by atoms with Crippen LogP contribution in [0.3, 0.4) is 0 Å². The van der Waals surface area contributed by atoms with Crippen LogP contribution in [-0.4, -0.2) is 44.6 Å². The van der Waals surface area contributed by atoms with Gasteiger partial charge in [0.1, 0.15) is 5.75 Å². The van der Waals surface area contributed by atoms with Gasteiger partial charge in [0, 0.05) is 17.1 Å². The Balaban J connectivity index is 2.77. The third-order valence-corrected chi connectivity index (χ3v) is 3.13. The number of carbonyl (C=O) groups excluding carboxylic acids is 1. The molecule has 18 heavy (non-hydrogen) atoms. The van der Waals surface area contributed by atoms with Crippen LogP contribution < -0.4 is 10.1 Å². The quantitative estimate of drug-likeness (QED) is 0.905. The Bertz CT molecular complexity index is 421. The molecule has 1 N–H and O–H groups in total. The lowest BCUT2D eigenvalue weighted by atomic mass is 10.2. The van der Waals surface area contributed by atoms with Crippen LogP contribution in [-0.2, 0) is 0 Å². The topological polar surface area (TPSA) is 41.6 Å². The summed E-state index contributed by atoms with van der Waals surface area (Å²) in [6, 6.07) is 5.43. The number of benzene rings is 1. The summed E-state index contributed by atoms with van der Waals surface area (Å²) in [7, 11) is 5.54. The molecule has 0 spiro atoms. The number of hydrogen-bond acceptors (Lipinski definition) is 3. The van der Waals surface area contributed by atoms with E-state index in [-0.39, 0.29) is 11.9 Å². The molecule has 0 radical (unpaired) electrons. The van der Waals surface area contributed by atoms with Crippen LogP contribution in [0.25, 0.3) is 0 Å². The molecule has 0 heterocycles. The van der Waals surface area contributed by atoms with E-state index >= 15 is 0 Å². The molecule has 1 atom stereocenters. The number of ether oxygens (including phenoxy) is 1. The Kier molecular flexibility index (Phi) is 5.62. The van der Waals surface area contributed by atoms with Gasteiger partial charge in [0.2, 0.25) is 0 Å². The van der Waals surface area contributed by atoms with Crippen molar-refractivity contribution < 1.29 is 9.53 Å². The van der Waals surface area contributed by atoms with Crippen LogP contribution >= 0.6 is 15.9 Å². The lowest BCUT2D eigenvalue weighted by Gasteiger charge is -2.18. The molecule has 1 aromatic carbocycles. The van der Waals surface area contributed by atoms with Crippen molar-refractivity contribution in [2.45, 2.75) is 13.0 Å². The second-order valence-electron chi connectivity index (χ2n) is 4.48. The maximum atomic E-state index is 12.1. The molecule has 4 nitrogen and oxygen atoms in total. The molecule has 0 saturated carbocycles. The second kappa shape index (κ2) is 6.75. The van der Waals surface area contributed by atoms with Gasteiger partial charge in [-0.2, -0.15) is 0 Å². The van der Waals surface area contributed by atoms with Crippen LogP contribution in [0.4, 0.5) is 0 Å². The third kappa shape index (κ3) is 4.31. The maximum Gasteiger partial charge on any atom is 0.252 e. The predicted molar refractivity (Wildman–Crippen MR) is 76.2 cm³/mol. The van der Waals surface area contributed by atoms with Gasteiger partial charge in [0.25, 0.3) is 5.91 Å². The smallest absolute Gasteiger partial charge is 0.252 e. The number of halogens is 1. The fraction of sp³-hybridized carbons (Fsp3) is 0.462. The summed E-state index contributed by atoms with van der Waals surface area (Å²) >= 11 is 3.37. The van der Waals surface area contributed by atoms with E-state index < -0.39 is 0 Å². The minimum Gasteiger partial charge on any atom is -0.497 e. The number of rotatable bonds is 5. The highest BCUT2D eigenvalue weighted by Crippen LogP contribution is 2.22. The van der Waals surface area contributed by atoms with Crippen molar-refractivity contribution in [3.63, 3.8) is 0 Å². The van der Waals surface area contributed by atoms with Crippen molar-refractivity contribution in [2.75, 3.05) is 27.7 Å². The highest BCUT2D eigenvalue weighted by atomic mass is 79.9. The average Bonchev–Trinajstić information content (AvgIpc) is 2.28. The van der Waals surface area contributed by atoms with E-state index in [2.05, 4.69) is 21.2 Å². The SMILES string of the molecule is COc1ccc(Br)c(C(=O)NC(C)CN(C)C)c1. The first kappa shape index (κ1) is 15.0. The zero-order chi connectivity index (χ0) is 13.7. The van der Waals surface area contributed by atoms with E-state index in [1.165, 1.54) is 0 Å². The molecule has 100 valence electrons. The first-order valence-corrected chi connectivity index (χ1v) is 6.52. The van der Waals surface area contributed by atoms with Gasteiger partial charge < -0.3 is 15.0 Å². The monoisotopic (exact) mass is 314 g/mol. The van der Waals surface area contributed by atoms with Crippen LogP contribution in [0.1, 0.15) is 17.3 Å². The molecule has 1 rings (SSSR count). The van der Waals surface area contributed by atoms with E-state index in [1.54, 1.807) is 13.2 Å². The number of likely N-dealkylation sites (N-methyl/N-ethyl adjacent to an activating group) is 1. The molecule has 0 bridgehead atoms. The lowest BCUT2D eigenvalue weighted by molar-refractivity contribution is 0.0933. The zero-order valence-electron chi connectivity index (χ0n) is 11.2. The standard InChI is InChI=1S/C13H19BrN2O2/c1-9(8-16(2)3)15-13(17)11-7-10(18-4)5-6-12(11)14/h5-7,9H,8H2,1-4H3,(H,15,17). The molecule has 0 aliphatic rings. The lowest BCUT2D eigenvalue weighted by Crippen LogP contribution is -2.39. The average molecular weight is 315 g/mol. The van der Waals surface area contributed by atoms with Gasteiger partial charge in [-0.1, -0.05) is 0 Å². The number of nitrogens with zero attached hydrogens (tertiary/aromatic N) is 1. The van der Waals surface area contributed by atoms with Crippen LogP contribution in [0.15, 0.2) is 22.7 Å². The number of amides is 1. The number of nitrogens with one attached hydrogen (secondary N) is 1. The largest absolute Gasteiger partial charge is 0.497 e. The van der Waals surface area contributed by atoms with Crippen LogP contribution in [0.2, 0.25) is 0 Å². The van der Waals surface area contributed by atoms with Gasteiger partial charge in [-0.15, -0.1) is 0 Å². The van der Waals surface area contributed by atoms with E-state index in [9.17, 15) is 4.79 Å². The van der Waals surface area contributed by atoms with Crippen molar-refractivity contribution in [1.82, 2.24) is 10.2 Å².